The van der Waals surface area contributed by atoms with Crippen LogP contribution < -0.4 is 15.5 Å². The van der Waals surface area contributed by atoms with Gasteiger partial charge in [-0.1, -0.05) is 55.3 Å². The van der Waals surface area contributed by atoms with Gasteiger partial charge in [-0.25, -0.2) is 4.79 Å². The van der Waals surface area contributed by atoms with Crippen molar-refractivity contribution >= 4 is 17.4 Å². The average Bonchev–Trinajstić information content (AvgIpc) is 3.14. The summed E-state index contributed by atoms with van der Waals surface area (Å²) in [6.45, 7) is 5.20. The number of carbonyl (C=O) groups is 1. The molecule has 2 fully saturated rings. The first-order valence-electron chi connectivity index (χ1n) is 11.5. The fourth-order valence-corrected chi connectivity index (χ4v) is 4.63. The summed E-state index contributed by atoms with van der Waals surface area (Å²) in [5, 5.41) is 6.38. The number of anilines is 2. The van der Waals surface area contributed by atoms with E-state index in [1.54, 1.807) is 0 Å². The molecular formula is C25H34N4O. The number of para-hydroxylation sites is 2. The first-order valence-corrected chi connectivity index (χ1v) is 11.5. The summed E-state index contributed by atoms with van der Waals surface area (Å²) in [7, 11) is 0. The lowest BCUT2D eigenvalue weighted by Crippen LogP contribution is -2.39. The molecular weight excluding hydrogens is 372 g/mol. The number of hydrogen-bond donors (Lipinski definition) is 2. The van der Waals surface area contributed by atoms with E-state index in [9.17, 15) is 4.79 Å². The van der Waals surface area contributed by atoms with Crippen LogP contribution in [-0.2, 0) is 0 Å². The van der Waals surface area contributed by atoms with Gasteiger partial charge in [0, 0.05) is 19.6 Å². The summed E-state index contributed by atoms with van der Waals surface area (Å²) in [6, 6.07) is 18.4. The van der Waals surface area contributed by atoms with E-state index in [1.165, 1.54) is 38.5 Å². The van der Waals surface area contributed by atoms with Crippen LogP contribution in [0.15, 0.2) is 54.6 Å². The Morgan fingerprint density at radius 2 is 1.43 bits per heavy atom. The molecule has 30 heavy (non-hydrogen) atoms. The number of nitrogens with one attached hydrogen (secondary N) is 2. The van der Waals surface area contributed by atoms with Crippen LogP contribution in [0.4, 0.5) is 16.2 Å². The van der Waals surface area contributed by atoms with Crippen molar-refractivity contribution in [3.8, 4) is 0 Å². The molecule has 2 aliphatic heterocycles. The maximum Gasteiger partial charge on any atom is 0.319 e. The van der Waals surface area contributed by atoms with Crippen LogP contribution in [0, 0.1) is 0 Å². The number of carbonyl (C=O) groups excluding carboxylic acids is 1. The van der Waals surface area contributed by atoms with Gasteiger partial charge >= 0.3 is 6.03 Å². The van der Waals surface area contributed by atoms with Crippen molar-refractivity contribution in [3.63, 3.8) is 0 Å². The fourth-order valence-electron chi connectivity index (χ4n) is 4.63. The molecule has 1 unspecified atom stereocenters. The molecule has 5 heteroatoms. The topological polar surface area (TPSA) is 47.6 Å². The number of urea groups is 1. The molecule has 2 heterocycles. The van der Waals surface area contributed by atoms with E-state index < -0.39 is 0 Å². The number of nitrogens with zero attached hydrogens (tertiary/aromatic N) is 2. The summed E-state index contributed by atoms with van der Waals surface area (Å²) >= 11 is 0. The summed E-state index contributed by atoms with van der Waals surface area (Å²) in [5.41, 5.74) is 3.18. The van der Waals surface area contributed by atoms with Gasteiger partial charge in [0.2, 0.25) is 0 Å². The number of amides is 2. The summed E-state index contributed by atoms with van der Waals surface area (Å²) in [6.07, 6.45) is 7.51. The van der Waals surface area contributed by atoms with Gasteiger partial charge in [-0.05, 0) is 56.5 Å². The lowest BCUT2D eigenvalue weighted by Gasteiger charge is -2.27. The first-order chi connectivity index (χ1) is 14.8. The van der Waals surface area contributed by atoms with Gasteiger partial charge in [-0.3, -0.25) is 0 Å². The molecule has 5 nitrogen and oxygen atoms in total. The molecule has 4 rings (SSSR count). The van der Waals surface area contributed by atoms with Crippen molar-refractivity contribution in [1.29, 1.82) is 0 Å². The highest BCUT2D eigenvalue weighted by Gasteiger charge is 2.21. The van der Waals surface area contributed by atoms with Gasteiger partial charge in [0.15, 0.2) is 0 Å². The summed E-state index contributed by atoms with van der Waals surface area (Å²) in [5.74, 6) is 0. The van der Waals surface area contributed by atoms with Crippen molar-refractivity contribution in [1.82, 2.24) is 10.2 Å². The molecule has 160 valence electrons. The van der Waals surface area contributed by atoms with Crippen molar-refractivity contribution in [2.24, 2.45) is 0 Å². The molecule has 0 aliphatic carbocycles. The van der Waals surface area contributed by atoms with Crippen LogP contribution >= 0.6 is 0 Å². The van der Waals surface area contributed by atoms with Crippen LogP contribution in [0.3, 0.4) is 0 Å². The number of hydrogen-bond acceptors (Lipinski definition) is 3. The zero-order valence-corrected chi connectivity index (χ0v) is 17.9. The predicted octanol–water partition coefficient (Wildman–Crippen LogP) is 5.03. The zero-order valence-electron chi connectivity index (χ0n) is 17.9. The van der Waals surface area contributed by atoms with E-state index >= 15 is 0 Å². The number of likely N-dealkylation sites (tertiary alicyclic amines) is 1. The molecule has 0 saturated carbocycles. The Morgan fingerprint density at radius 3 is 2.17 bits per heavy atom. The van der Waals surface area contributed by atoms with Gasteiger partial charge in [-0.2, -0.15) is 0 Å². The van der Waals surface area contributed by atoms with Gasteiger partial charge < -0.3 is 20.4 Å². The highest BCUT2D eigenvalue weighted by Crippen LogP contribution is 2.28. The Bertz CT molecular complexity index is 796. The molecule has 2 N–H and O–H groups in total. The van der Waals surface area contributed by atoms with E-state index in [0.717, 1.165) is 49.7 Å². The second kappa shape index (κ2) is 10.5. The van der Waals surface area contributed by atoms with E-state index in [1.807, 2.05) is 30.3 Å². The van der Waals surface area contributed by atoms with Crippen LogP contribution in [0.1, 0.15) is 50.1 Å². The summed E-state index contributed by atoms with van der Waals surface area (Å²) < 4.78 is 0. The Hall–Kier alpha value is -2.53. The van der Waals surface area contributed by atoms with Gasteiger partial charge in [-0.15, -0.1) is 0 Å². The minimum absolute atomic E-state index is 0.0188. The van der Waals surface area contributed by atoms with Crippen molar-refractivity contribution < 1.29 is 4.79 Å². The third kappa shape index (κ3) is 5.54. The highest BCUT2D eigenvalue weighted by atomic mass is 16.2. The number of rotatable bonds is 6. The van der Waals surface area contributed by atoms with Crippen molar-refractivity contribution in [3.05, 3.63) is 60.2 Å². The third-order valence-electron chi connectivity index (χ3n) is 6.25. The molecule has 0 radical (unpaired) electrons. The van der Waals surface area contributed by atoms with Crippen LogP contribution in [0.25, 0.3) is 0 Å². The predicted molar refractivity (Wildman–Crippen MR) is 124 cm³/mol. The molecule has 0 spiro atoms. The Morgan fingerprint density at radius 1 is 0.800 bits per heavy atom. The van der Waals surface area contributed by atoms with Crippen LogP contribution in [0.5, 0.6) is 0 Å². The molecule has 0 bridgehead atoms. The SMILES string of the molecule is O=C(Nc1ccccc1N1CCCCCC1)NC(CN1CCCC1)c1ccccc1. The second-order valence-corrected chi connectivity index (χ2v) is 8.49. The molecule has 2 aliphatic rings. The minimum Gasteiger partial charge on any atom is -0.370 e. The highest BCUT2D eigenvalue weighted by molar-refractivity contribution is 5.93. The molecule has 1 atom stereocenters. The summed E-state index contributed by atoms with van der Waals surface area (Å²) in [4.78, 5) is 17.9. The van der Waals surface area contributed by atoms with E-state index in [2.05, 4.69) is 44.7 Å². The average molecular weight is 407 g/mol. The van der Waals surface area contributed by atoms with Gasteiger partial charge in [0.05, 0.1) is 17.4 Å². The molecule has 2 aromatic rings. The normalized spacial score (nSPS) is 18.6. The Balaban J connectivity index is 1.45. The largest absolute Gasteiger partial charge is 0.370 e. The standard InChI is InChI=1S/C25H34N4O/c30-25(26-22-14-6-7-15-24(22)29-18-8-1-2-9-19-29)27-23(20-28-16-10-11-17-28)21-12-4-3-5-13-21/h3-7,12-15,23H,1-2,8-11,16-20H2,(H2,26,27,30). The van der Waals surface area contributed by atoms with Gasteiger partial charge in [0.1, 0.15) is 0 Å². The maximum atomic E-state index is 13.0. The van der Waals surface area contributed by atoms with Crippen LogP contribution in [-0.4, -0.2) is 43.7 Å². The van der Waals surface area contributed by atoms with Gasteiger partial charge in [0.25, 0.3) is 0 Å². The quantitative estimate of drug-likeness (QED) is 0.708. The lowest BCUT2D eigenvalue weighted by atomic mass is 10.1. The van der Waals surface area contributed by atoms with Crippen molar-refractivity contribution in [2.75, 3.05) is 42.9 Å². The zero-order chi connectivity index (χ0) is 20.6. The van der Waals surface area contributed by atoms with E-state index in [0.29, 0.717) is 0 Å². The number of benzene rings is 2. The smallest absolute Gasteiger partial charge is 0.319 e. The molecule has 2 amide bonds. The molecule has 0 aromatic heterocycles. The fraction of sp³-hybridized carbons (Fsp3) is 0.480. The molecule has 2 saturated heterocycles. The van der Waals surface area contributed by atoms with Crippen molar-refractivity contribution in [2.45, 2.75) is 44.6 Å². The van der Waals surface area contributed by atoms with E-state index in [4.69, 9.17) is 0 Å². The third-order valence-corrected chi connectivity index (χ3v) is 6.25. The van der Waals surface area contributed by atoms with E-state index in [-0.39, 0.29) is 12.1 Å². The maximum absolute atomic E-state index is 13.0. The molecule has 2 aromatic carbocycles. The minimum atomic E-state index is -0.134. The second-order valence-electron chi connectivity index (χ2n) is 8.49. The first kappa shape index (κ1) is 20.7. The Kier molecular flexibility index (Phi) is 7.25. The lowest BCUT2D eigenvalue weighted by molar-refractivity contribution is 0.240. The van der Waals surface area contributed by atoms with Crippen LogP contribution in [0.2, 0.25) is 0 Å². The monoisotopic (exact) mass is 406 g/mol. The Labute approximate surface area is 180 Å².